The average Bonchev–Trinajstić information content (AvgIpc) is 2.26. The van der Waals surface area contributed by atoms with Gasteiger partial charge in [-0.25, -0.2) is 0 Å². The van der Waals surface area contributed by atoms with Crippen molar-refractivity contribution in [1.29, 1.82) is 0 Å². The fraction of sp³-hybridized carbons (Fsp3) is 0.923. The molecule has 19 heavy (non-hydrogen) atoms. The van der Waals surface area contributed by atoms with Gasteiger partial charge in [0.25, 0.3) is 0 Å². The number of hydrogen-bond donors (Lipinski definition) is 2. The van der Waals surface area contributed by atoms with Crippen LogP contribution in [0.15, 0.2) is 0 Å². The molecule has 0 aromatic rings. The monoisotopic (exact) mass is 278 g/mol. The van der Waals surface area contributed by atoms with E-state index in [0.29, 0.717) is 19.3 Å². The minimum atomic E-state index is -4.10. The summed E-state index contributed by atoms with van der Waals surface area (Å²) in [4.78, 5) is 11.8. The molecule has 0 radical (unpaired) electrons. The van der Waals surface area contributed by atoms with Gasteiger partial charge in [0, 0.05) is 18.0 Å². The van der Waals surface area contributed by atoms with Crippen LogP contribution in [0, 0.1) is 5.92 Å². The second-order valence-corrected chi connectivity index (χ2v) is 6.05. The summed E-state index contributed by atoms with van der Waals surface area (Å²) in [5.74, 6) is -1.31. The van der Waals surface area contributed by atoms with Gasteiger partial charge in [0.05, 0.1) is 5.92 Å². The van der Waals surface area contributed by atoms with Gasteiger partial charge in [-0.3, -0.25) is 4.79 Å². The van der Waals surface area contributed by atoms with Gasteiger partial charge in [0.1, 0.15) is 0 Å². The molecular weight excluding hydrogens is 257 g/mol. The average molecular weight is 278 g/mol. The fourth-order valence-corrected chi connectivity index (χ4v) is 2.97. The topological polar surface area (TPSA) is 55.1 Å². The molecule has 0 bridgehead atoms. The first-order chi connectivity index (χ1) is 8.78. The summed E-state index contributed by atoms with van der Waals surface area (Å²) in [6.45, 7) is 0. The van der Waals surface area contributed by atoms with E-state index in [1.807, 2.05) is 0 Å². The smallest absolute Gasteiger partial charge is 0.353 e. The Hall–Kier alpha value is -0.780. The molecule has 0 aromatic heterocycles. The van der Waals surface area contributed by atoms with E-state index in [0.717, 1.165) is 19.3 Å². The zero-order chi connectivity index (χ0) is 14.1. The predicted octanol–water partition coefficient (Wildman–Crippen LogP) is 2.50. The molecule has 0 atom stereocenters. The zero-order valence-corrected chi connectivity index (χ0v) is 10.9. The lowest BCUT2D eigenvalue weighted by molar-refractivity contribution is -0.182. The third-order valence-electron chi connectivity index (χ3n) is 4.42. The van der Waals surface area contributed by atoms with Crippen molar-refractivity contribution >= 4 is 5.91 Å². The molecule has 2 saturated carbocycles. The Balaban J connectivity index is 1.72. The number of carbonyl (C=O) groups is 1. The molecule has 2 fully saturated rings. The van der Waals surface area contributed by atoms with Crippen molar-refractivity contribution in [1.82, 2.24) is 5.32 Å². The number of alkyl halides is 3. The molecule has 3 nitrogen and oxygen atoms in total. The van der Waals surface area contributed by atoms with E-state index in [9.17, 15) is 18.0 Å². The first-order valence-corrected chi connectivity index (χ1v) is 6.93. The van der Waals surface area contributed by atoms with Crippen LogP contribution in [0.3, 0.4) is 0 Å². The zero-order valence-electron chi connectivity index (χ0n) is 10.9. The third-order valence-corrected chi connectivity index (χ3v) is 4.42. The SMILES string of the molecule is NC1(CC(=O)NC2CCC(C(F)(F)F)CC2)CCC1. The lowest BCUT2D eigenvalue weighted by Gasteiger charge is -2.38. The van der Waals surface area contributed by atoms with Crippen molar-refractivity contribution in [2.75, 3.05) is 0 Å². The number of hydrogen-bond acceptors (Lipinski definition) is 2. The largest absolute Gasteiger partial charge is 0.391 e. The Kier molecular flexibility index (Phi) is 4.08. The van der Waals surface area contributed by atoms with Crippen LogP contribution in [-0.2, 0) is 4.79 Å². The summed E-state index contributed by atoms with van der Waals surface area (Å²) in [5.41, 5.74) is 5.61. The van der Waals surface area contributed by atoms with Crippen LogP contribution in [-0.4, -0.2) is 23.7 Å². The summed E-state index contributed by atoms with van der Waals surface area (Å²) < 4.78 is 37.5. The molecule has 0 spiro atoms. The summed E-state index contributed by atoms with van der Waals surface area (Å²) >= 11 is 0. The number of nitrogens with one attached hydrogen (secondary N) is 1. The Morgan fingerprint density at radius 2 is 1.79 bits per heavy atom. The van der Waals surface area contributed by atoms with Gasteiger partial charge < -0.3 is 11.1 Å². The summed E-state index contributed by atoms with van der Waals surface area (Å²) in [6, 6.07) is -0.116. The van der Waals surface area contributed by atoms with Gasteiger partial charge in [-0.05, 0) is 44.9 Å². The van der Waals surface area contributed by atoms with E-state index in [1.165, 1.54) is 0 Å². The Bertz CT molecular complexity index is 331. The fourth-order valence-electron chi connectivity index (χ4n) is 2.97. The summed E-state index contributed by atoms with van der Waals surface area (Å²) in [6.07, 6.45) is 0.0305. The predicted molar refractivity (Wildman–Crippen MR) is 65.3 cm³/mol. The highest BCUT2D eigenvalue weighted by Gasteiger charge is 2.42. The molecule has 0 aromatic carbocycles. The van der Waals surface area contributed by atoms with E-state index in [1.54, 1.807) is 0 Å². The molecule has 1 amide bonds. The molecule has 0 aliphatic heterocycles. The molecule has 2 aliphatic rings. The van der Waals surface area contributed by atoms with E-state index < -0.39 is 12.1 Å². The Morgan fingerprint density at radius 3 is 2.21 bits per heavy atom. The normalized spacial score (nSPS) is 30.5. The van der Waals surface area contributed by atoms with E-state index in [2.05, 4.69) is 5.32 Å². The second kappa shape index (κ2) is 5.31. The third kappa shape index (κ3) is 3.84. The lowest BCUT2D eigenvalue weighted by Crippen LogP contribution is -2.51. The van der Waals surface area contributed by atoms with Crippen LogP contribution in [0.4, 0.5) is 13.2 Å². The Morgan fingerprint density at radius 1 is 1.21 bits per heavy atom. The van der Waals surface area contributed by atoms with Crippen molar-refractivity contribution < 1.29 is 18.0 Å². The highest BCUT2D eigenvalue weighted by atomic mass is 19.4. The van der Waals surface area contributed by atoms with Crippen molar-refractivity contribution in [3.63, 3.8) is 0 Å². The van der Waals surface area contributed by atoms with Crippen molar-refractivity contribution in [3.8, 4) is 0 Å². The van der Waals surface area contributed by atoms with Crippen LogP contribution < -0.4 is 11.1 Å². The van der Waals surface area contributed by atoms with Gasteiger partial charge in [0.2, 0.25) is 5.91 Å². The van der Waals surface area contributed by atoms with Crippen molar-refractivity contribution in [2.24, 2.45) is 11.7 Å². The number of amides is 1. The quantitative estimate of drug-likeness (QED) is 0.833. The van der Waals surface area contributed by atoms with Crippen LogP contribution in [0.2, 0.25) is 0 Å². The molecule has 2 rings (SSSR count). The van der Waals surface area contributed by atoms with E-state index >= 15 is 0 Å². The van der Waals surface area contributed by atoms with E-state index in [-0.39, 0.29) is 30.3 Å². The van der Waals surface area contributed by atoms with Gasteiger partial charge in [-0.2, -0.15) is 13.2 Å². The Labute approximate surface area is 111 Å². The van der Waals surface area contributed by atoms with Crippen LogP contribution in [0.5, 0.6) is 0 Å². The molecular formula is C13H21F3N2O. The molecule has 0 saturated heterocycles. The maximum Gasteiger partial charge on any atom is 0.391 e. The summed E-state index contributed by atoms with van der Waals surface area (Å²) in [5, 5.41) is 2.83. The number of rotatable bonds is 3. The number of carbonyl (C=O) groups excluding carboxylic acids is 1. The van der Waals surface area contributed by atoms with Crippen LogP contribution in [0.25, 0.3) is 0 Å². The number of nitrogens with two attached hydrogens (primary N) is 1. The van der Waals surface area contributed by atoms with Crippen LogP contribution in [0.1, 0.15) is 51.4 Å². The van der Waals surface area contributed by atoms with Gasteiger partial charge in [0.15, 0.2) is 0 Å². The maximum absolute atomic E-state index is 12.5. The first-order valence-electron chi connectivity index (χ1n) is 6.93. The minimum Gasteiger partial charge on any atom is -0.353 e. The molecule has 2 aliphatic carbocycles. The highest BCUT2D eigenvalue weighted by molar-refractivity contribution is 5.77. The first kappa shape index (κ1) is 14.6. The molecule has 110 valence electrons. The van der Waals surface area contributed by atoms with Gasteiger partial charge >= 0.3 is 6.18 Å². The molecule has 0 unspecified atom stereocenters. The summed E-state index contributed by atoms with van der Waals surface area (Å²) in [7, 11) is 0. The molecule has 3 N–H and O–H groups in total. The maximum atomic E-state index is 12.5. The van der Waals surface area contributed by atoms with Crippen molar-refractivity contribution in [2.45, 2.75) is 69.1 Å². The minimum absolute atomic E-state index is 0.113. The van der Waals surface area contributed by atoms with E-state index in [4.69, 9.17) is 5.73 Å². The van der Waals surface area contributed by atoms with Gasteiger partial charge in [-0.15, -0.1) is 0 Å². The highest BCUT2D eigenvalue weighted by Crippen LogP contribution is 2.37. The standard InChI is InChI=1S/C13H21F3N2O/c14-13(15,16)9-2-4-10(5-3-9)18-11(19)8-12(17)6-1-7-12/h9-10H,1-8,17H2,(H,18,19). The molecule has 6 heteroatoms. The molecule has 0 heterocycles. The lowest BCUT2D eigenvalue weighted by atomic mass is 9.75. The van der Waals surface area contributed by atoms with Crippen LogP contribution >= 0.6 is 0 Å². The second-order valence-electron chi connectivity index (χ2n) is 6.05. The van der Waals surface area contributed by atoms with Crippen molar-refractivity contribution in [3.05, 3.63) is 0 Å². The van der Waals surface area contributed by atoms with Gasteiger partial charge in [-0.1, -0.05) is 0 Å². The number of halogens is 3.